The number of rotatable bonds is 2. The first kappa shape index (κ1) is 13.1. The molecule has 0 amide bonds. The average Bonchev–Trinajstić information content (AvgIpc) is 2.36. The molecule has 0 atom stereocenters. The Kier molecular flexibility index (Phi) is 4.04. The SMILES string of the molecule is COC(=S)SCc1cc(=O)oc2ccc(C)cc12. The number of aryl methyl sites for hydroxylation is 1. The van der Waals surface area contributed by atoms with Crippen LogP contribution < -0.4 is 5.63 Å². The van der Waals surface area contributed by atoms with E-state index in [4.69, 9.17) is 21.4 Å². The largest absolute Gasteiger partial charge is 0.482 e. The zero-order valence-corrected chi connectivity index (χ0v) is 11.7. The predicted octanol–water partition coefficient (Wildman–Crippen LogP) is 3.27. The lowest BCUT2D eigenvalue weighted by Gasteiger charge is -2.06. The summed E-state index contributed by atoms with van der Waals surface area (Å²) in [6.45, 7) is 2.00. The summed E-state index contributed by atoms with van der Waals surface area (Å²) in [5, 5.41) is 0.945. The van der Waals surface area contributed by atoms with E-state index in [2.05, 4.69) is 0 Å². The Morgan fingerprint density at radius 2 is 2.22 bits per heavy atom. The second-order valence-electron chi connectivity index (χ2n) is 3.83. The number of ether oxygens (including phenoxy) is 1. The molecule has 0 saturated carbocycles. The maximum absolute atomic E-state index is 11.5. The molecule has 0 aliphatic rings. The van der Waals surface area contributed by atoms with E-state index in [0.29, 0.717) is 15.7 Å². The Balaban J connectivity index is 2.44. The van der Waals surface area contributed by atoms with Crippen LogP contribution in [0.25, 0.3) is 11.0 Å². The Morgan fingerprint density at radius 3 is 2.94 bits per heavy atom. The van der Waals surface area contributed by atoms with Crippen molar-refractivity contribution in [3.8, 4) is 0 Å². The standard InChI is InChI=1S/C13H12O3S2/c1-8-3-4-11-10(5-8)9(6-12(14)16-11)7-18-13(17)15-2/h3-6H,7H2,1-2H3. The summed E-state index contributed by atoms with van der Waals surface area (Å²) in [6.07, 6.45) is 0. The molecule has 0 aliphatic heterocycles. The van der Waals surface area contributed by atoms with Crippen LogP contribution in [0, 0.1) is 6.92 Å². The number of hydrogen-bond acceptors (Lipinski definition) is 5. The summed E-state index contributed by atoms with van der Waals surface area (Å²) in [6, 6.07) is 7.24. The zero-order chi connectivity index (χ0) is 13.1. The minimum absolute atomic E-state index is 0.342. The van der Waals surface area contributed by atoms with E-state index in [1.54, 1.807) is 0 Å². The van der Waals surface area contributed by atoms with Gasteiger partial charge in [-0.3, -0.25) is 0 Å². The smallest absolute Gasteiger partial charge is 0.336 e. The van der Waals surface area contributed by atoms with Crippen LogP contribution in [0.1, 0.15) is 11.1 Å². The molecule has 18 heavy (non-hydrogen) atoms. The highest BCUT2D eigenvalue weighted by Gasteiger charge is 2.07. The number of hydrogen-bond donors (Lipinski definition) is 0. The fourth-order valence-corrected chi connectivity index (χ4v) is 2.46. The molecular weight excluding hydrogens is 268 g/mol. The van der Waals surface area contributed by atoms with Crippen molar-refractivity contribution in [3.05, 3.63) is 45.8 Å². The van der Waals surface area contributed by atoms with Crippen LogP contribution in [0.4, 0.5) is 0 Å². The van der Waals surface area contributed by atoms with Gasteiger partial charge in [0.2, 0.25) is 4.38 Å². The summed E-state index contributed by atoms with van der Waals surface area (Å²) >= 11 is 6.36. The first-order valence-electron chi connectivity index (χ1n) is 5.34. The number of methoxy groups -OCH3 is 1. The van der Waals surface area contributed by atoms with Crippen LogP contribution in [0.2, 0.25) is 0 Å². The van der Waals surface area contributed by atoms with Crippen molar-refractivity contribution in [2.24, 2.45) is 0 Å². The van der Waals surface area contributed by atoms with E-state index in [0.717, 1.165) is 16.5 Å². The molecule has 2 aromatic rings. The van der Waals surface area contributed by atoms with Crippen molar-refractivity contribution >= 4 is 39.3 Å². The second-order valence-corrected chi connectivity index (χ2v) is 5.41. The third kappa shape index (κ3) is 2.91. The first-order valence-corrected chi connectivity index (χ1v) is 6.73. The van der Waals surface area contributed by atoms with Crippen LogP contribution in [-0.2, 0) is 10.5 Å². The van der Waals surface area contributed by atoms with Crippen LogP contribution in [0.15, 0.2) is 33.5 Å². The van der Waals surface area contributed by atoms with Crippen LogP contribution in [-0.4, -0.2) is 11.5 Å². The molecule has 0 unspecified atom stereocenters. The molecule has 3 nitrogen and oxygen atoms in total. The van der Waals surface area contributed by atoms with E-state index in [9.17, 15) is 4.79 Å². The maximum Gasteiger partial charge on any atom is 0.336 e. The van der Waals surface area contributed by atoms with Crippen molar-refractivity contribution in [3.63, 3.8) is 0 Å². The molecule has 0 N–H and O–H groups in total. The molecule has 2 rings (SSSR count). The quantitative estimate of drug-likeness (QED) is 0.623. The monoisotopic (exact) mass is 280 g/mol. The average molecular weight is 280 g/mol. The summed E-state index contributed by atoms with van der Waals surface area (Å²) < 4.78 is 10.6. The summed E-state index contributed by atoms with van der Waals surface area (Å²) in [4.78, 5) is 11.5. The maximum atomic E-state index is 11.5. The molecule has 94 valence electrons. The molecular formula is C13H12O3S2. The van der Waals surface area contributed by atoms with Gasteiger partial charge >= 0.3 is 5.63 Å². The number of fused-ring (bicyclic) bond motifs is 1. The molecule has 0 spiro atoms. The van der Waals surface area contributed by atoms with Crippen molar-refractivity contribution in [2.45, 2.75) is 12.7 Å². The van der Waals surface area contributed by atoms with Gasteiger partial charge in [0, 0.05) is 17.2 Å². The van der Waals surface area contributed by atoms with Gasteiger partial charge in [0.05, 0.1) is 7.11 Å². The van der Waals surface area contributed by atoms with E-state index < -0.39 is 0 Å². The van der Waals surface area contributed by atoms with Crippen molar-refractivity contribution < 1.29 is 9.15 Å². The Bertz CT molecular complexity index is 646. The van der Waals surface area contributed by atoms with Gasteiger partial charge in [-0.05, 0) is 36.8 Å². The zero-order valence-electron chi connectivity index (χ0n) is 10.1. The van der Waals surface area contributed by atoms with Gasteiger partial charge < -0.3 is 9.15 Å². The van der Waals surface area contributed by atoms with Gasteiger partial charge in [0.25, 0.3) is 0 Å². The van der Waals surface area contributed by atoms with E-state index >= 15 is 0 Å². The van der Waals surface area contributed by atoms with Crippen molar-refractivity contribution in [2.75, 3.05) is 7.11 Å². The molecule has 1 aromatic carbocycles. The highest BCUT2D eigenvalue weighted by molar-refractivity contribution is 8.22. The summed E-state index contributed by atoms with van der Waals surface area (Å²) in [7, 11) is 1.54. The van der Waals surface area contributed by atoms with Crippen LogP contribution in [0.5, 0.6) is 0 Å². The molecule has 1 aromatic heterocycles. The third-order valence-corrected chi connectivity index (χ3v) is 3.87. The number of benzene rings is 1. The highest BCUT2D eigenvalue weighted by Crippen LogP contribution is 2.23. The number of thioether (sulfide) groups is 1. The van der Waals surface area contributed by atoms with Gasteiger partial charge in [0.15, 0.2) is 0 Å². The lowest BCUT2D eigenvalue weighted by Crippen LogP contribution is -2.01. The molecule has 0 saturated heterocycles. The second kappa shape index (κ2) is 5.54. The normalized spacial score (nSPS) is 10.6. The van der Waals surface area contributed by atoms with Crippen molar-refractivity contribution in [1.29, 1.82) is 0 Å². The lowest BCUT2D eigenvalue weighted by atomic mass is 10.1. The Labute approximate surface area is 114 Å². The number of thiocarbonyl (C=S) groups is 1. The highest BCUT2D eigenvalue weighted by atomic mass is 32.2. The van der Waals surface area contributed by atoms with Crippen LogP contribution >= 0.6 is 24.0 Å². The molecule has 0 radical (unpaired) electrons. The van der Waals surface area contributed by atoms with Gasteiger partial charge in [0.1, 0.15) is 5.58 Å². The predicted molar refractivity (Wildman–Crippen MR) is 78.1 cm³/mol. The minimum atomic E-state index is -0.342. The van der Waals surface area contributed by atoms with Crippen LogP contribution in [0.3, 0.4) is 0 Å². The van der Waals surface area contributed by atoms with E-state index in [1.807, 2.05) is 25.1 Å². The Morgan fingerprint density at radius 1 is 1.44 bits per heavy atom. The minimum Gasteiger partial charge on any atom is -0.482 e. The van der Waals surface area contributed by atoms with E-state index in [-0.39, 0.29) is 5.63 Å². The summed E-state index contributed by atoms with van der Waals surface area (Å²) in [5.74, 6) is 0.595. The molecule has 0 bridgehead atoms. The first-order chi connectivity index (χ1) is 8.60. The van der Waals surface area contributed by atoms with Gasteiger partial charge in [-0.1, -0.05) is 23.4 Å². The Hall–Kier alpha value is -1.33. The molecule has 5 heteroatoms. The fourth-order valence-electron chi connectivity index (χ4n) is 1.66. The third-order valence-electron chi connectivity index (χ3n) is 2.50. The fraction of sp³-hybridized carbons (Fsp3) is 0.231. The van der Waals surface area contributed by atoms with Gasteiger partial charge in [-0.15, -0.1) is 0 Å². The van der Waals surface area contributed by atoms with E-state index in [1.165, 1.54) is 24.9 Å². The lowest BCUT2D eigenvalue weighted by molar-refractivity contribution is 0.426. The summed E-state index contributed by atoms with van der Waals surface area (Å²) in [5.41, 5.74) is 2.29. The van der Waals surface area contributed by atoms with Gasteiger partial charge in [-0.25, -0.2) is 4.79 Å². The topological polar surface area (TPSA) is 39.4 Å². The molecule has 0 aliphatic carbocycles. The molecule has 1 heterocycles. The van der Waals surface area contributed by atoms with Crippen molar-refractivity contribution in [1.82, 2.24) is 0 Å². The molecule has 0 fully saturated rings. The van der Waals surface area contributed by atoms with Gasteiger partial charge in [-0.2, -0.15) is 0 Å².